The Kier molecular flexibility index (Phi) is 3.65. The van der Waals surface area contributed by atoms with E-state index < -0.39 is 0 Å². The van der Waals surface area contributed by atoms with E-state index in [4.69, 9.17) is 10.5 Å². The smallest absolute Gasteiger partial charge is 0.134 e. The van der Waals surface area contributed by atoms with Gasteiger partial charge in [-0.1, -0.05) is 12.2 Å². The number of methoxy groups -OCH3 is 1. The molecule has 0 unspecified atom stereocenters. The van der Waals surface area contributed by atoms with Gasteiger partial charge in [-0.05, 0) is 24.6 Å². The topological polar surface area (TPSA) is 35.2 Å². The van der Waals surface area contributed by atoms with Crippen LogP contribution in [0.4, 0.5) is 4.39 Å². The van der Waals surface area contributed by atoms with Crippen LogP contribution in [0.15, 0.2) is 18.2 Å². The fourth-order valence-corrected chi connectivity index (χ4v) is 1.24. The van der Waals surface area contributed by atoms with Crippen molar-refractivity contribution in [3.05, 3.63) is 35.2 Å². The zero-order chi connectivity index (χ0) is 10.6. The molecule has 0 aromatic heterocycles. The standard InChI is InChI=1S/C11H14FNO/c1-8-6-10(12)9(4-3-5-13)11(7-8)14-2/h3-4,6-7H,5,13H2,1-2H3/b4-3+. The second-order valence-corrected chi connectivity index (χ2v) is 3.00. The molecule has 3 heteroatoms. The van der Waals surface area contributed by atoms with Crippen LogP contribution in [0.25, 0.3) is 6.08 Å². The van der Waals surface area contributed by atoms with Gasteiger partial charge in [0.15, 0.2) is 0 Å². The third kappa shape index (κ3) is 2.33. The summed E-state index contributed by atoms with van der Waals surface area (Å²) in [5.74, 6) is 0.249. The largest absolute Gasteiger partial charge is 0.496 e. The molecule has 0 heterocycles. The number of hydrogen-bond donors (Lipinski definition) is 1. The molecule has 0 spiro atoms. The van der Waals surface area contributed by atoms with Gasteiger partial charge in [0.1, 0.15) is 11.6 Å². The monoisotopic (exact) mass is 195 g/mol. The zero-order valence-electron chi connectivity index (χ0n) is 8.38. The number of hydrogen-bond acceptors (Lipinski definition) is 2. The highest BCUT2D eigenvalue weighted by Gasteiger charge is 2.06. The lowest BCUT2D eigenvalue weighted by Crippen LogP contribution is -1.95. The summed E-state index contributed by atoms with van der Waals surface area (Å²) in [5.41, 5.74) is 6.58. The first-order valence-electron chi connectivity index (χ1n) is 4.39. The molecule has 1 rings (SSSR count). The van der Waals surface area contributed by atoms with E-state index in [1.54, 1.807) is 18.2 Å². The highest BCUT2D eigenvalue weighted by Crippen LogP contribution is 2.24. The zero-order valence-corrected chi connectivity index (χ0v) is 8.38. The molecule has 14 heavy (non-hydrogen) atoms. The maximum atomic E-state index is 13.4. The minimum atomic E-state index is -0.286. The van der Waals surface area contributed by atoms with Crippen molar-refractivity contribution in [3.8, 4) is 5.75 Å². The summed E-state index contributed by atoms with van der Waals surface area (Å²) in [6, 6.07) is 3.26. The molecule has 0 bridgehead atoms. The lowest BCUT2D eigenvalue weighted by Gasteiger charge is -2.07. The molecule has 2 nitrogen and oxygen atoms in total. The molecule has 0 saturated heterocycles. The van der Waals surface area contributed by atoms with Gasteiger partial charge in [0.2, 0.25) is 0 Å². The van der Waals surface area contributed by atoms with Gasteiger partial charge < -0.3 is 10.5 Å². The second-order valence-electron chi connectivity index (χ2n) is 3.00. The average Bonchev–Trinajstić information content (AvgIpc) is 2.15. The number of aryl methyl sites for hydroxylation is 1. The Hall–Kier alpha value is -1.35. The summed E-state index contributed by atoms with van der Waals surface area (Å²) in [7, 11) is 1.52. The van der Waals surface area contributed by atoms with Crippen molar-refractivity contribution in [1.82, 2.24) is 0 Å². The molecule has 0 atom stereocenters. The van der Waals surface area contributed by atoms with Gasteiger partial charge in [0.25, 0.3) is 0 Å². The first kappa shape index (κ1) is 10.7. The van der Waals surface area contributed by atoms with Crippen molar-refractivity contribution in [1.29, 1.82) is 0 Å². The van der Waals surface area contributed by atoms with Gasteiger partial charge in [0.05, 0.1) is 12.7 Å². The molecule has 0 fully saturated rings. The van der Waals surface area contributed by atoms with Crippen LogP contribution in [0.1, 0.15) is 11.1 Å². The number of nitrogens with two attached hydrogens (primary N) is 1. The third-order valence-corrected chi connectivity index (χ3v) is 1.88. The third-order valence-electron chi connectivity index (χ3n) is 1.88. The van der Waals surface area contributed by atoms with Gasteiger partial charge in [-0.15, -0.1) is 0 Å². The van der Waals surface area contributed by atoms with Gasteiger partial charge in [-0.25, -0.2) is 4.39 Å². The van der Waals surface area contributed by atoms with Crippen LogP contribution in [0.2, 0.25) is 0 Å². The number of halogens is 1. The van der Waals surface area contributed by atoms with Crippen LogP contribution in [-0.4, -0.2) is 13.7 Å². The van der Waals surface area contributed by atoms with Crippen LogP contribution < -0.4 is 10.5 Å². The van der Waals surface area contributed by atoms with Crippen molar-refractivity contribution in [3.63, 3.8) is 0 Å². The first-order chi connectivity index (χ1) is 6.69. The molecule has 0 aliphatic heterocycles. The Morgan fingerprint density at radius 2 is 2.21 bits per heavy atom. The van der Waals surface area contributed by atoms with Gasteiger partial charge >= 0.3 is 0 Å². The Labute approximate surface area is 83.2 Å². The van der Waals surface area contributed by atoms with Gasteiger partial charge in [-0.2, -0.15) is 0 Å². The van der Waals surface area contributed by atoms with Crippen molar-refractivity contribution < 1.29 is 9.13 Å². The fraction of sp³-hybridized carbons (Fsp3) is 0.273. The van der Waals surface area contributed by atoms with Crippen LogP contribution in [0, 0.1) is 12.7 Å². The SMILES string of the molecule is COc1cc(C)cc(F)c1/C=C/CN. The Balaban J connectivity index is 3.18. The van der Waals surface area contributed by atoms with Crippen LogP contribution >= 0.6 is 0 Å². The Morgan fingerprint density at radius 1 is 1.50 bits per heavy atom. The summed E-state index contributed by atoms with van der Waals surface area (Å²) in [4.78, 5) is 0. The van der Waals surface area contributed by atoms with E-state index in [9.17, 15) is 4.39 Å². The van der Waals surface area contributed by atoms with Crippen molar-refractivity contribution in [2.24, 2.45) is 5.73 Å². The lowest BCUT2D eigenvalue weighted by molar-refractivity contribution is 0.409. The van der Waals surface area contributed by atoms with Crippen molar-refractivity contribution in [2.75, 3.05) is 13.7 Å². The summed E-state index contributed by atoms with van der Waals surface area (Å²) < 4.78 is 18.5. The quantitative estimate of drug-likeness (QED) is 0.801. The molecule has 0 amide bonds. The molecular formula is C11H14FNO. The summed E-state index contributed by atoms with van der Waals surface area (Å²) in [6.07, 6.45) is 3.32. The van der Waals surface area contributed by atoms with Gasteiger partial charge in [-0.3, -0.25) is 0 Å². The van der Waals surface area contributed by atoms with Crippen LogP contribution in [0.5, 0.6) is 5.75 Å². The summed E-state index contributed by atoms with van der Waals surface area (Å²) in [6.45, 7) is 2.21. The number of rotatable bonds is 3. The first-order valence-corrected chi connectivity index (χ1v) is 4.39. The van der Waals surface area contributed by atoms with E-state index in [-0.39, 0.29) is 5.82 Å². The molecule has 1 aromatic rings. The van der Waals surface area contributed by atoms with E-state index >= 15 is 0 Å². The maximum Gasteiger partial charge on any atom is 0.134 e. The predicted molar refractivity (Wildman–Crippen MR) is 55.8 cm³/mol. The highest BCUT2D eigenvalue weighted by atomic mass is 19.1. The molecule has 1 aromatic carbocycles. The minimum absolute atomic E-state index is 0.286. The van der Waals surface area contributed by atoms with E-state index in [1.165, 1.54) is 13.2 Å². The van der Waals surface area contributed by atoms with Crippen molar-refractivity contribution in [2.45, 2.75) is 6.92 Å². The minimum Gasteiger partial charge on any atom is -0.496 e. The molecule has 2 N–H and O–H groups in total. The number of benzene rings is 1. The molecule has 0 radical (unpaired) electrons. The average molecular weight is 195 g/mol. The van der Waals surface area contributed by atoms with Gasteiger partial charge in [0, 0.05) is 6.54 Å². The lowest BCUT2D eigenvalue weighted by atomic mass is 10.1. The maximum absolute atomic E-state index is 13.4. The molecule has 76 valence electrons. The summed E-state index contributed by atoms with van der Waals surface area (Å²) >= 11 is 0. The normalized spacial score (nSPS) is 10.9. The van der Waals surface area contributed by atoms with Crippen LogP contribution in [0.3, 0.4) is 0 Å². The number of ether oxygens (including phenoxy) is 1. The van der Waals surface area contributed by atoms with E-state index in [2.05, 4.69) is 0 Å². The van der Waals surface area contributed by atoms with Crippen LogP contribution in [-0.2, 0) is 0 Å². The molecule has 0 aliphatic carbocycles. The Morgan fingerprint density at radius 3 is 2.79 bits per heavy atom. The molecule has 0 saturated carbocycles. The van der Waals surface area contributed by atoms with E-state index in [1.807, 2.05) is 6.92 Å². The molecular weight excluding hydrogens is 181 g/mol. The molecule has 0 aliphatic rings. The predicted octanol–water partition coefficient (Wildman–Crippen LogP) is 2.11. The van der Waals surface area contributed by atoms with E-state index in [0.717, 1.165) is 5.56 Å². The van der Waals surface area contributed by atoms with E-state index in [0.29, 0.717) is 17.9 Å². The van der Waals surface area contributed by atoms with Crippen molar-refractivity contribution >= 4 is 6.08 Å². The highest BCUT2D eigenvalue weighted by molar-refractivity contribution is 5.59. The second kappa shape index (κ2) is 4.77. The summed E-state index contributed by atoms with van der Waals surface area (Å²) in [5, 5.41) is 0. The fourth-order valence-electron chi connectivity index (χ4n) is 1.24. The Bertz CT molecular complexity index is 347.